The summed E-state index contributed by atoms with van der Waals surface area (Å²) in [6.45, 7) is 5.39. The Kier molecular flexibility index (Phi) is 7.91. The van der Waals surface area contributed by atoms with E-state index < -0.39 is 11.8 Å². The van der Waals surface area contributed by atoms with E-state index in [2.05, 4.69) is 53.7 Å². The van der Waals surface area contributed by atoms with Gasteiger partial charge in [-0.05, 0) is 74.4 Å². The summed E-state index contributed by atoms with van der Waals surface area (Å²) in [5.74, 6) is -0.485. The Morgan fingerprint density at radius 1 is 0.938 bits per heavy atom. The highest BCUT2D eigenvalue weighted by Crippen LogP contribution is 2.38. The first-order valence-corrected chi connectivity index (χ1v) is 16.9. The number of rotatable bonds is 7. The van der Waals surface area contributed by atoms with E-state index in [0.29, 0.717) is 30.4 Å². The van der Waals surface area contributed by atoms with Crippen LogP contribution in [0.1, 0.15) is 78.2 Å². The monoisotopic (exact) mass is 649 g/mol. The summed E-state index contributed by atoms with van der Waals surface area (Å²) in [7, 11) is 0. The average molecular weight is 650 g/mol. The number of anilines is 4. The van der Waals surface area contributed by atoms with Gasteiger partial charge in [-0.15, -0.1) is 0 Å². The van der Waals surface area contributed by atoms with Crippen LogP contribution in [0, 0.1) is 0 Å². The molecule has 3 amide bonds. The Morgan fingerprint density at radius 2 is 1.73 bits per heavy atom. The second kappa shape index (κ2) is 12.5. The molecule has 1 unspecified atom stereocenters. The third-order valence-electron chi connectivity index (χ3n) is 10.3. The molecule has 3 saturated heterocycles. The van der Waals surface area contributed by atoms with E-state index in [-0.39, 0.29) is 17.5 Å². The maximum atomic E-state index is 12.5. The van der Waals surface area contributed by atoms with E-state index in [0.717, 1.165) is 98.7 Å². The van der Waals surface area contributed by atoms with Gasteiger partial charge >= 0.3 is 0 Å². The van der Waals surface area contributed by atoms with Gasteiger partial charge in [-0.3, -0.25) is 24.6 Å². The van der Waals surface area contributed by atoms with Gasteiger partial charge in [0.1, 0.15) is 11.5 Å². The molecule has 48 heavy (non-hydrogen) atoms. The predicted octanol–water partition coefficient (Wildman–Crippen LogP) is 3.96. The van der Waals surface area contributed by atoms with Crippen molar-refractivity contribution in [2.45, 2.75) is 70.0 Å². The predicted molar refractivity (Wildman–Crippen MR) is 180 cm³/mol. The second-order valence-electron chi connectivity index (χ2n) is 13.3. The molecule has 0 spiro atoms. The van der Waals surface area contributed by atoms with Crippen LogP contribution >= 0.6 is 0 Å². The minimum atomic E-state index is -0.613. The van der Waals surface area contributed by atoms with Crippen molar-refractivity contribution in [3.8, 4) is 0 Å². The van der Waals surface area contributed by atoms with Gasteiger partial charge < -0.3 is 25.4 Å². The zero-order chi connectivity index (χ0) is 32.8. The van der Waals surface area contributed by atoms with E-state index in [4.69, 9.17) is 15.2 Å². The summed E-state index contributed by atoms with van der Waals surface area (Å²) in [6, 6.07) is 12.8. The number of nitrogens with two attached hydrogens (primary N) is 1. The van der Waals surface area contributed by atoms with Crippen LogP contribution in [0.3, 0.4) is 0 Å². The number of fused-ring (bicyclic) bond motifs is 3. The highest BCUT2D eigenvalue weighted by Gasteiger charge is 2.35. The zero-order valence-electron chi connectivity index (χ0n) is 26.8. The molecule has 0 bridgehead atoms. The summed E-state index contributed by atoms with van der Waals surface area (Å²) in [6.07, 6.45) is 7.93. The van der Waals surface area contributed by atoms with Crippen LogP contribution < -0.4 is 26.2 Å². The first-order valence-electron chi connectivity index (χ1n) is 16.9. The molecule has 0 aliphatic carbocycles. The van der Waals surface area contributed by atoms with Crippen LogP contribution in [0.4, 0.5) is 23.0 Å². The number of carbonyl (C=O) groups is 3. The van der Waals surface area contributed by atoms with Gasteiger partial charge in [-0.2, -0.15) is 0 Å². The maximum absolute atomic E-state index is 12.5. The number of amides is 3. The Labute approximate surface area is 277 Å². The Morgan fingerprint density at radius 3 is 2.48 bits per heavy atom. The molecular formula is C35H39N9O4. The Balaban J connectivity index is 0.900. The van der Waals surface area contributed by atoms with Crippen molar-refractivity contribution in [1.29, 1.82) is 0 Å². The molecule has 3 fully saturated rings. The molecule has 4 aliphatic heterocycles. The maximum Gasteiger partial charge on any atom is 0.271 e. The number of hydrogen-bond acceptors (Lipinski definition) is 11. The van der Waals surface area contributed by atoms with Crippen molar-refractivity contribution in [2.24, 2.45) is 5.73 Å². The summed E-state index contributed by atoms with van der Waals surface area (Å²) < 4.78 is 5.84. The quantitative estimate of drug-likeness (QED) is 0.249. The lowest BCUT2D eigenvalue weighted by Crippen LogP contribution is -2.43. The topological polar surface area (TPSA) is 163 Å². The molecule has 4 aliphatic rings. The van der Waals surface area contributed by atoms with Crippen molar-refractivity contribution >= 4 is 51.7 Å². The molecule has 13 heteroatoms. The van der Waals surface area contributed by atoms with Gasteiger partial charge in [0, 0.05) is 74.1 Å². The number of imide groups is 1. The number of nitrogens with zero attached hydrogens (tertiary/aromatic N) is 6. The molecule has 0 radical (unpaired) electrons. The van der Waals surface area contributed by atoms with Crippen LogP contribution in [0.2, 0.25) is 0 Å². The van der Waals surface area contributed by atoms with E-state index in [1.165, 1.54) is 12.0 Å². The third-order valence-corrected chi connectivity index (χ3v) is 10.3. The van der Waals surface area contributed by atoms with E-state index >= 15 is 0 Å². The van der Waals surface area contributed by atoms with Crippen molar-refractivity contribution < 1.29 is 18.9 Å². The van der Waals surface area contributed by atoms with Crippen molar-refractivity contribution in [3.05, 3.63) is 65.1 Å². The number of carbonyl (C=O) groups excluding carboxylic acids is 3. The van der Waals surface area contributed by atoms with Gasteiger partial charge in [0.25, 0.3) is 5.91 Å². The van der Waals surface area contributed by atoms with Crippen molar-refractivity contribution in [1.82, 2.24) is 25.3 Å². The molecule has 2 aromatic heterocycles. The van der Waals surface area contributed by atoms with E-state index in [1.54, 1.807) is 6.20 Å². The number of nitrogens with one attached hydrogen (secondary N) is 2. The van der Waals surface area contributed by atoms with Gasteiger partial charge in [0.2, 0.25) is 11.8 Å². The van der Waals surface area contributed by atoms with Crippen LogP contribution in [-0.4, -0.2) is 70.0 Å². The molecule has 4 aromatic rings. The number of hydrogen-bond donors (Lipinski definition) is 3. The first kappa shape index (κ1) is 30.3. The normalized spacial score (nSPS) is 20.6. The molecule has 1 atom stereocenters. The smallest absolute Gasteiger partial charge is 0.271 e. The Bertz CT molecular complexity index is 1880. The van der Waals surface area contributed by atoms with Crippen LogP contribution in [-0.2, 0) is 22.7 Å². The number of benzene rings is 2. The molecule has 4 N–H and O–H groups in total. The highest BCUT2D eigenvalue weighted by atomic mass is 16.5. The van der Waals surface area contributed by atoms with Gasteiger partial charge in [-0.1, -0.05) is 11.2 Å². The SMILES string of the molecule is NC(=O)c1ncc(N2CCCCC2)nc1Nc1ccc(N2CCC(N3Cc4ccc5c(C6CCC(=O)NC6=O)noc5c4C3)CC2)cc1. The second-order valence-corrected chi connectivity index (χ2v) is 13.3. The van der Waals surface area contributed by atoms with Crippen LogP contribution in [0.15, 0.2) is 47.1 Å². The molecule has 248 valence electrons. The Hall–Kier alpha value is -5.04. The van der Waals surface area contributed by atoms with Crippen molar-refractivity contribution in [3.63, 3.8) is 0 Å². The largest absolute Gasteiger partial charge is 0.371 e. The molecular weight excluding hydrogens is 610 g/mol. The highest BCUT2D eigenvalue weighted by molar-refractivity contribution is 6.02. The lowest BCUT2D eigenvalue weighted by atomic mass is 9.92. The number of aromatic nitrogens is 3. The lowest BCUT2D eigenvalue weighted by Gasteiger charge is -2.37. The fraction of sp³-hybridized carbons (Fsp3) is 0.429. The van der Waals surface area contributed by atoms with Crippen LogP contribution in [0.25, 0.3) is 11.0 Å². The number of primary amides is 1. The van der Waals surface area contributed by atoms with Crippen LogP contribution in [0.5, 0.6) is 0 Å². The summed E-state index contributed by atoms with van der Waals surface area (Å²) in [5.41, 5.74) is 11.5. The number of piperidine rings is 3. The standard InChI is InChI=1S/C35H39N9O4/c36-33(46)31-34(39-28(18-37-31)43-14-2-1-3-15-43)38-22-5-7-23(8-6-22)42-16-12-24(13-17-42)44-19-21-4-9-25-30(41-48-32(25)27(21)20-44)26-10-11-29(45)40-35(26)47/h4-9,18,24,26H,1-3,10-17,19-20H2,(H2,36,46)(H,38,39)(H,40,45,47). The zero-order valence-corrected chi connectivity index (χ0v) is 26.8. The van der Waals surface area contributed by atoms with E-state index in [1.807, 2.05) is 18.2 Å². The first-order chi connectivity index (χ1) is 23.4. The molecule has 8 rings (SSSR count). The lowest BCUT2D eigenvalue weighted by molar-refractivity contribution is -0.134. The van der Waals surface area contributed by atoms with E-state index in [9.17, 15) is 14.4 Å². The summed E-state index contributed by atoms with van der Waals surface area (Å²) in [4.78, 5) is 52.5. The summed E-state index contributed by atoms with van der Waals surface area (Å²) >= 11 is 0. The van der Waals surface area contributed by atoms with Gasteiger partial charge in [0.15, 0.2) is 17.1 Å². The van der Waals surface area contributed by atoms with Crippen molar-refractivity contribution in [2.75, 3.05) is 41.3 Å². The van der Waals surface area contributed by atoms with Gasteiger partial charge in [0.05, 0.1) is 12.1 Å². The minimum absolute atomic E-state index is 0.129. The fourth-order valence-corrected chi connectivity index (χ4v) is 7.69. The molecule has 6 heterocycles. The molecule has 13 nitrogen and oxygen atoms in total. The molecule has 2 aromatic carbocycles. The third kappa shape index (κ3) is 5.72. The summed E-state index contributed by atoms with van der Waals surface area (Å²) in [5, 5.41) is 10.9. The van der Waals surface area contributed by atoms with Gasteiger partial charge in [-0.25, -0.2) is 9.97 Å². The fourth-order valence-electron chi connectivity index (χ4n) is 7.69. The molecule has 0 saturated carbocycles. The minimum Gasteiger partial charge on any atom is -0.371 e. The average Bonchev–Trinajstić information content (AvgIpc) is 3.74.